The van der Waals surface area contributed by atoms with Crippen LogP contribution in [0.25, 0.3) is 5.65 Å². The predicted molar refractivity (Wildman–Crippen MR) is 94.0 cm³/mol. The fraction of sp³-hybridized carbons (Fsp3) is 0.263. The summed E-state index contributed by atoms with van der Waals surface area (Å²) >= 11 is 0. The normalized spacial score (nSPS) is 12.0. The number of aryl methyl sites for hydroxylation is 1. The van der Waals surface area contributed by atoms with E-state index < -0.39 is 0 Å². The zero-order valence-corrected chi connectivity index (χ0v) is 14.3. The van der Waals surface area contributed by atoms with Crippen LogP contribution in [0.5, 0.6) is 0 Å². The second-order valence-corrected chi connectivity index (χ2v) is 6.75. The van der Waals surface area contributed by atoms with E-state index in [1.165, 1.54) is 0 Å². The Balaban J connectivity index is 2.20. The Labute approximate surface area is 141 Å². The highest BCUT2D eigenvalue weighted by atomic mass is 15.2. The Morgan fingerprint density at radius 3 is 2.54 bits per heavy atom. The second-order valence-electron chi connectivity index (χ2n) is 6.75. The van der Waals surface area contributed by atoms with Gasteiger partial charge in [-0.1, -0.05) is 39.0 Å². The molecule has 3 rings (SSSR count). The lowest BCUT2D eigenvalue weighted by Gasteiger charge is -2.15. The van der Waals surface area contributed by atoms with Crippen LogP contribution in [0.15, 0.2) is 52.8 Å². The molecule has 0 bridgehead atoms. The minimum absolute atomic E-state index is 0.165. The monoisotopic (exact) mass is 317 g/mol. The van der Waals surface area contributed by atoms with Crippen molar-refractivity contribution < 1.29 is 0 Å². The van der Waals surface area contributed by atoms with Gasteiger partial charge in [-0.15, -0.1) is 10.2 Å². The summed E-state index contributed by atoms with van der Waals surface area (Å²) in [6.45, 7) is 8.34. The van der Waals surface area contributed by atoms with Crippen molar-refractivity contribution in [2.45, 2.75) is 33.1 Å². The van der Waals surface area contributed by atoms with Crippen LogP contribution in [0.3, 0.4) is 0 Å². The molecule has 0 aliphatic carbocycles. The third-order valence-electron chi connectivity index (χ3n) is 3.81. The summed E-state index contributed by atoms with van der Waals surface area (Å²) in [5, 5.41) is 18.0. The van der Waals surface area contributed by atoms with E-state index in [9.17, 15) is 5.26 Å². The summed E-state index contributed by atoms with van der Waals surface area (Å²) < 4.78 is 1.95. The van der Waals surface area contributed by atoms with Gasteiger partial charge in [-0.05, 0) is 30.7 Å². The van der Waals surface area contributed by atoms with Crippen molar-refractivity contribution in [3.05, 3.63) is 59.4 Å². The van der Waals surface area contributed by atoms with Crippen molar-refractivity contribution in [1.82, 2.24) is 9.38 Å². The first-order valence-electron chi connectivity index (χ1n) is 7.81. The van der Waals surface area contributed by atoms with E-state index in [1.807, 2.05) is 41.8 Å². The topological polar surface area (TPSA) is 65.8 Å². The average Bonchev–Trinajstić information content (AvgIpc) is 2.93. The average molecular weight is 317 g/mol. The van der Waals surface area contributed by atoms with E-state index in [0.717, 1.165) is 16.9 Å². The summed E-state index contributed by atoms with van der Waals surface area (Å²) in [4.78, 5) is 4.78. The van der Waals surface area contributed by atoms with Gasteiger partial charge in [0, 0.05) is 11.6 Å². The number of benzene rings is 1. The first kappa shape index (κ1) is 15.9. The highest BCUT2D eigenvalue weighted by Crippen LogP contribution is 2.34. The van der Waals surface area contributed by atoms with Gasteiger partial charge >= 0.3 is 0 Å². The molecular weight excluding hydrogens is 298 g/mol. The van der Waals surface area contributed by atoms with Crippen LogP contribution in [0.1, 0.15) is 37.6 Å². The number of azo groups is 1. The zero-order chi connectivity index (χ0) is 17.3. The van der Waals surface area contributed by atoms with Crippen LogP contribution in [0, 0.1) is 18.3 Å². The van der Waals surface area contributed by atoms with E-state index >= 15 is 0 Å². The van der Waals surface area contributed by atoms with Gasteiger partial charge in [0.1, 0.15) is 17.4 Å². The lowest BCUT2D eigenvalue weighted by atomic mass is 9.92. The Kier molecular flexibility index (Phi) is 3.90. The number of imidazole rings is 1. The molecule has 0 aliphatic heterocycles. The van der Waals surface area contributed by atoms with Gasteiger partial charge in [0.2, 0.25) is 0 Å². The van der Waals surface area contributed by atoms with Crippen LogP contribution >= 0.6 is 0 Å². The number of nitrogens with zero attached hydrogens (tertiary/aromatic N) is 5. The van der Waals surface area contributed by atoms with E-state index in [4.69, 9.17) is 4.98 Å². The molecule has 2 heterocycles. The fourth-order valence-corrected chi connectivity index (χ4v) is 2.55. The van der Waals surface area contributed by atoms with Crippen molar-refractivity contribution in [2.24, 2.45) is 10.2 Å². The standard InChI is InChI=1S/C19H19N5/c1-13-8-7-11-24-17(13)21-16(19(2,3)4)18(24)23-22-15-10-6-5-9-14(15)12-20/h5-11H,1-4H3. The summed E-state index contributed by atoms with van der Waals surface area (Å²) in [6, 6.07) is 13.3. The largest absolute Gasteiger partial charge is 0.283 e. The molecule has 0 atom stereocenters. The molecule has 0 saturated carbocycles. The van der Waals surface area contributed by atoms with Crippen LogP contribution in [-0.2, 0) is 5.41 Å². The molecule has 0 amide bonds. The second kappa shape index (κ2) is 5.89. The molecule has 0 N–H and O–H groups in total. The van der Waals surface area contributed by atoms with Crippen molar-refractivity contribution >= 4 is 17.2 Å². The van der Waals surface area contributed by atoms with Gasteiger partial charge in [-0.25, -0.2) is 4.98 Å². The van der Waals surface area contributed by atoms with Gasteiger partial charge < -0.3 is 0 Å². The Morgan fingerprint density at radius 1 is 1.08 bits per heavy atom. The number of hydrogen-bond acceptors (Lipinski definition) is 4. The van der Waals surface area contributed by atoms with Gasteiger partial charge in [0.05, 0.1) is 11.3 Å². The Hall–Kier alpha value is -3.00. The molecule has 3 aromatic rings. The van der Waals surface area contributed by atoms with E-state index in [2.05, 4.69) is 37.1 Å². The molecule has 0 aliphatic rings. The summed E-state index contributed by atoms with van der Waals surface area (Å²) in [5.74, 6) is 0.703. The van der Waals surface area contributed by atoms with Gasteiger partial charge in [0.25, 0.3) is 0 Å². The SMILES string of the molecule is Cc1cccn2c(N=Nc3ccccc3C#N)c(C(C)(C)C)nc12. The van der Waals surface area contributed by atoms with Crippen molar-refractivity contribution in [2.75, 3.05) is 0 Å². The third kappa shape index (κ3) is 2.79. The van der Waals surface area contributed by atoms with Crippen molar-refractivity contribution in [3.8, 4) is 6.07 Å². The maximum absolute atomic E-state index is 9.20. The summed E-state index contributed by atoms with van der Waals surface area (Å²) in [7, 11) is 0. The molecular formula is C19H19N5. The molecule has 0 fully saturated rings. The minimum atomic E-state index is -0.165. The molecule has 24 heavy (non-hydrogen) atoms. The molecule has 0 unspecified atom stereocenters. The fourth-order valence-electron chi connectivity index (χ4n) is 2.55. The third-order valence-corrected chi connectivity index (χ3v) is 3.81. The summed E-state index contributed by atoms with van der Waals surface area (Å²) in [5.41, 5.74) is 3.74. The first-order valence-corrected chi connectivity index (χ1v) is 7.81. The van der Waals surface area contributed by atoms with Crippen molar-refractivity contribution in [3.63, 3.8) is 0 Å². The van der Waals surface area contributed by atoms with Crippen LogP contribution in [-0.4, -0.2) is 9.38 Å². The van der Waals surface area contributed by atoms with Gasteiger partial charge in [0.15, 0.2) is 5.82 Å². The molecule has 5 nitrogen and oxygen atoms in total. The van der Waals surface area contributed by atoms with Gasteiger partial charge in [-0.3, -0.25) is 4.40 Å². The quantitative estimate of drug-likeness (QED) is 0.607. The smallest absolute Gasteiger partial charge is 0.183 e. The number of hydrogen-bond donors (Lipinski definition) is 0. The predicted octanol–water partition coefficient (Wildman–Crippen LogP) is 5.23. The first-order chi connectivity index (χ1) is 11.4. The van der Waals surface area contributed by atoms with Crippen LogP contribution in [0.4, 0.5) is 11.5 Å². The van der Waals surface area contributed by atoms with E-state index in [0.29, 0.717) is 17.1 Å². The van der Waals surface area contributed by atoms with Crippen LogP contribution in [0.2, 0.25) is 0 Å². The zero-order valence-electron chi connectivity index (χ0n) is 14.3. The lowest BCUT2D eigenvalue weighted by Crippen LogP contribution is -2.11. The molecule has 0 saturated heterocycles. The Bertz CT molecular complexity index is 968. The molecule has 0 spiro atoms. The maximum Gasteiger partial charge on any atom is 0.183 e. The number of pyridine rings is 1. The molecule has 0 radical (unpaired) electrons. The lowest BCUT2D eigenvalue weighted by molar-refractivity contribution is 0.573. The van der Waals surface area contributed by atoms with E-state index in [1.54, 1.807) is 12.1 Å². The van der Waals surface area contributed by atoms with Gasteiger partial charge in [-0.2, -0.15) is 5.26 Å². The number of rotatable bonds is 2. The Morgan fingerprint density at radius 2 is 1.83 bits per heavy atom. The number of nitriles is 1. The molecule has 2 aromatic heterocycles. The highest BCUT2D eigenvalue weighted by molar-refractivity contribution is 5.59. The number of aromatic nitrogens is 2. The molecule has 1 aromatic carbocycles. The van der Waals surface area contributed by atoms with Crippen LogP contribution < -0.4 is 0 Å². The van der Waals surface area contributed by atoms with E-state index in [-0.39, 0.29) is 5.41 Å². The van der Waals surface area contributed by atoms with Crippen molar-refractivity contribution in [1.29, 1.82) is 5.26 Å². The maximum atomic E-state index is 9.20. The highest BCUT2D eigenvalue weighted by Gasteiger charge is 2.24. The minimum Gasteiger partial charge on any atom is -0.283 e. The molecule has 5 heteroatoms. The molecule has 120 valence electrons. The summed E-state index contributed by atoms with van der Waals surface area (Å²) in [6.07, 6.45) is 1.94. The number of fused-ring (bicyclic) bond motifs is 1.